The molecule has 0 bridgehead atoms. The largest absolute Gasteiger partial charge is 0.350 e. The van der Waals surface area contributed by atoms with Crippen LogP contribution in [0.25, 0.3) is 5.65 Å². The number of carbonyl (C=O) groups is 1. The number of Topliss-reactive ketones (excluding diaryl/α,β-unsaturated/α-hetero) is 1. The highest BCUT2D eigenvalue weighted by Gasteiger charge is 2.25. The average Bonchev–Trinajstić information content (AvgIpc) is 3.03. The molecule has 4 rings (SSSR count). The van der Waals surface area contributed by atoms with E-state index in [2.05, 4.69) is 10.00 Å². The van der Waals surface area contributed by atoms with Crippen molar-refractivity contribution in [1.29, 1.82) is 0 Å². The Hall–Kier alpha value is -2.80. The third-order valence-corrected chi connectivity index (χ3v) is 5.20. The number of piperidine rings is 1. The number of benzene rings is 1. The maximum Gasteiger partial charge on any atom is 0.350 e. The second kappa shape index (κ2) is 7.44. The molecule has 1 aromatic carbocycles. The van der Waals surface area contributed by atoms with E-state index in [0.29, 0.717) is 17.8 Å². The number of likely N-dealkylation sites (tertiary alicyclic amines) is 1. The summed E-state index contributed by atoms with van der Waals surface area (Å²) in [5.41, 5.74) is 1.09. The predicted octanol–water partition coefficient (Wildman–Crippen LogP) is 2.23. The Balaban J connectivity index is 1.33. The van der Waals surface area contributed by atoms with Crippen molar-refractivity contribution in [3.63, 3.8) is 0 Å². The van der Waals surface area contributed by atoms with Gasteiger partial charge in [0.15, 0.2) is 11.4 Å². The fraction of sp³-hybridized carbons (Fsp3) is 0.350. The highest BCUT2D eigenvalue weighted by atomic mass is 19.1. The van der Waals surface area contributed by atoms with E-state index >= 15 is 0 Å². The summed E-state index contributed by atoms with van der Waals surface area (Å²) in [6.45, 7) is 2.86. The zero-order chi connectivity index (χ0) is 18.8. The number of nitrogens with zero attached hydrogens (tertiary/aromatic N) is 4. The molecule has 2 aromatic heterocycles. The summed E-state index contributed by atoms with van der Waals surface area (Å²) in [6, 6.07) is 11.2. The van der Waals surface area contributed by atoms with Gasteiger partial charge in [0.1, 0.15) is 5.82 Å². The monoisotopic (exact) mass is 368 g/mol. The molecule has 1 aliphatic heterocycles. The van der Waals surface area contributed by atoms with E-state index in [1.165, 1.54) is 21.2 Å². The summed E-state index contributed by atoms with van der Waals surface area (Å²) >= 11 is 0. The molecule has 1 aliphatic rings. The smallest absolute Gasteiger partial charge is 0.301 e. The molecule has 0 radical (unpaired) electrons. The maximum atomic E-state index is 13.0. The Bertz CT molecular complexity index is 1000. The van der Waals surface area contributed by atoms with Crippen LogP contribution >= 0.6 is 0 Å². The number of ketones is 1. The van der Waals surface area contributed by atoms with Crippen LogP contribution in [0.1, 0.15) is 23.2 Å². The summed E-state index contributed by atoms with van der Waals surface area (Å²) in [7, 11) is 0. The normalized spacial score (nSPS) is 16.0. The van der Waals surface area contributed by atoms with E-state index in [9.17, 15) is 14.0 Å². The molecule has 0 N–H and O–H groups in total. The highest BCUT2D eigenvalue weighted by molar-refractivity contribution is 5.97. The molecule has 3 aromatic rings. The number of hydrogen-bond acceptors (Lipinski definition) is 4. The van der Waals surface area contributed by atoms with Crippen molar-refractivity contribution in [1.82, 2.24) is 19.1 Å². The van der Waals surface area contributed by atoms with Crippen molar-refractivity contribution >= 4 is 11.4 Å². The summed E-state index contributed by atoms with van der Waals surface area (Å²) in [6.07, 6.45) is 3.26. The second-order valence-electron chi connectivity index (χ2n) is 6.92. The number of fused-ring (bicyclic) bond motifs is 1. The first-order valence-corrected chi connectivity index (χ1v) is 9.18. The Labute approximate surface area is 155 Å². The van der Waals surface area contributed by atoms with Gasteiger partial charge in [-0.3, -0.25) is 9.20 Å². The minimum atomic E-state index is -0.330. The van der Waals surface area contributed by atoms with Crippen molar-refractivity contribution in [2.45, 2.75) is 19.4 Å². The predicted molar refractivity (Wildman–Crippen MR) is 99.3 cm³/mol. The molecule has 0 saturated carbocycles. The quantitative estimate of drug-likeness (QED) is 0.648. The Kier molecular flexibility index (Phi) is 4.85. The van der Waals surface area contributed by atoms with Crippen molar-refractivity contribution in [3.05, 3.63) is 70.5 Å². The number of rotatable bonds is 5. The van der Waals surface area contributed by atoms with Crippen LogP contribution in [-0.4, -0.2) is 44.5 Å². The molecule has 0 aliphatic carbocycles. The summed E-state index contributed by atoms with van der Waals surface area (Å²) in [4.78, 5) is 27.1. The zero-order valence-electron chi connectivity index (χ0n) is 14.9. The SMILES string of the molecule is O=C(c1ccc(F)cc1)C1CCN(CCn2nc3ccccn3c2=O)CC1. The first-order valence-electron chi connectivity index (χ1n) is 9.18. The average molecular weight is 368 g/mol. The first kappa shape index (κ1) is 17.6. The van der Waals surface area contributed by atoms with Crippen molar-refractivity contribution in [3.8, 4) is 0 Å². The molecule has 0 amide bonds. The lowest BCUT2D eigenvalue weighted by Gasteiger charge is -2.31. The number of hydrogen-bond donors (Lipinski definition) is 0. The van der Waals surface area contributed by atoms with Crippen molar-refractivity contribution < 1.29 is 9.18 Å². The minimum Gasteiger partial charge on any atom is -0.301 e. The highest BCUT2D eigenvalue weighted by Crippen LogP contribution is 2.22. The van der Waals surface area contributed by atoms with Gasteiger partial charge in [0.25, 0.3) is 0 Å². The van der Waals surface area contributed by atoms with E-state index in [0.717, 1.165) is 32.5 Å². The van der Waals surface area contributed by atoms with E-state index in [1.54, 1.807) is 18.3 Å². The van der Waals surface area contributed by atoms with Gasteiger partial charge in [-0.25, -0.2) is 13.9 Å². The van der Waals surface area contributed by atoms with Gasteiger partial charge in [-0.1, -0.05) is 6.07 Å². The van der Waals surface area contributed by atoms with Crippen LogP contribution in [0, 0.1) is 11.7 Å². The lowest BCUT2D eigenvalue weighted by Crippen LogP contribution is -2.39. The molecule has 27 heavy (non-hydrogen) atoms. The van der Waals surface area contributed by atoms with Gasteiger partial charge in [-0.2, -0.15) is 0 Å². The molecular formula is C20H21FN4O2. The topological polar surface area (TPSA) is 59.6 Å². The van der Waals surface area contributed by atoms with Crippen LogP contribution < -0.4 is 5.69 Å². The van der Waals surface area contributed by atoms with Gasteiger partial charge in [-0.05, 0) is 62.3 Å². The molecule has 1 fully saturated rings. The Morgan fingerprint density at radius 3 is 2.52 bits per heavy atom. The summed E-state index contributed by atoms with van der Waals surface area (Å²) in [5.74, 6) is -0.264. The lowest BCUT2D eigenvalue weighted by molar-refractivity contribution is 0.0836. The zero-order valence-corrected chi connectivity index (χ0v) is 14.9. The van der Waals surface area contributed by atoms with E-state index in [-0.39, 0.29) is 23.2 Å². The number of aromatic nitrogens is 3. The van der Waals surface area contributed by atoms with E-state index in [1.807, 2.05) is 18.2 Å². The van der Waals surface area contributed by atoms with Gasteiger partial charge in [0.05, 0.1) is 6.54 Å². The van der Waals surface area contributed by atoms with Crippen LogP contribution in [0.15, 0.2) is 53.5 Å². The third kappa shape index (κ3) is 3.68. The minimum absolute atomic E-state index is 0.0235. The van der Waals surface area contributed by atoms with E-state index < -0.39 is 0 Å². The maximum absolute atomic E-state index is 13.0. The van der Waals surface area contributed by atoms with Crippen LogP contribution in [0.3, 0.4) is 0 Å². The van der Waals surface area contributed by atoms with Crippen LogP contribution in [-0.2, 0) is 6.54 Å². The molecule has 6 nitrogen and oxygen atoms in total. The number of carbonyl (C=O) groups excluding carboxylic acids is 1. The van der Waals surface area contributed by atoms with Gasteiger partial charge < -0.3 is 4.90 Å². The molecule has 140 valence electrons. The van der Waals surface area contributed by atoms with Gasteiger partial charge in [0, 0.05) is 24.2 Å². The summed E-state index contributed by atoms with van der Waals surface area (Å²) < 4.78 is 16.0. The van der Waals surface area contributed by atoms with Crippen LogP contribution in [0.4, 0.5) is 4.39 Å². The van der Waals surface area contributed by atoms with Crippen molar-refractivity contribution in [2.24, 2.45) is 5.92 Å². The lowest BCUT2D eigenvalue weighted by atomic mass is 9.89. The molecule has 7 heteroatoms. The molecular weight excluding hydrogens is 347 g/mol. The van der Waals surface area contributed by atoms with Gasteiger partial charge in [0.2, 0.25) is 0 Å². The fourth-order valence-electron chi connectivity index (χ4n) is 3.62. The first-order chi connectivity index (χ1) is 13.1. The molecule has 0 unspecified atom stereocenters. The molecule has 0 atom stereocenters. The fourth-order valence-corrected chi connectivity index (χ4v) is 3.62. The van der Waals surface area contributed by atoms with Crippen molar-refractivity contribution in [2.75, 3.05) is 19.6 Å². The van der Waals surface area contributed by atoms with Crippen LogP contribution in [0.5, 0.6) is 0 Å². The second-order valence-corrected chi connectivity index (χ2v) is 6.92. The summed E-state index contributed by atoms with van der Waals surface area (Å²) in [5, 5.41) is 4.34. The Morgan fingerprint density at radius 2 is 1.81 bits per heavy atom. The van der Waals surface area contributed by atoms with E-state index in [4.69, 9.17) is 0 Å². The van der Waals surface area contributed by atoms with Crippen LogP contribution in [0.2, 0.25) is 0 Å². The van der Waals surface area contributed by atoms with Gasteiger partial charge in [-0.15, -0.1) is 5.10 Å². The molecule has 3 heterocycles. The Morgan fingerprint density at radius 1 is 1.07 bits per heavy atom. The molecule has 1 saturated heterocycles. The number of halogens is 1. The number of pyridine rings is 1. The third-order valence-electron chi connectivity index (χ3n) is 5.20. The van der Waals surface area contributed by atoms with Gasteiger partial charge >= 0.3 is 5.69 Å². The molecule has 0 spiro atoms. The standard InChI is InChI=1S/C20H21FN4O2/c21-17-6-4-15(5-7-17)19(26)16-8-11-23(12-9-16)13-14-25-20(27)24-10-2-1-3-18(24)22-25/h1-7,10,16H,8-9,11-14H2.